The molecule has 1 aromatic rings. The molecule has 15 heavy (non-hydrogen) atoms. The van der Waals surface area contributed by atoms with Crippen molar-refractivity contribution < 1.29 is 27.4 Å². The minimum atomic E-state index is -4.80. The van der Waals surface area contributed by atoms with Crippen molar-refractivity contribution in [3.05, 3.63) is 29.6 Å². The first kappa shape index (κ1) is 11.8. The third-order valence-corrected chi connectivity index (χ3v) is 1.80. The maximum absolute atomic E-state index is 13.0. The van der Waals surface area contributed by atoms with E-state index < -0.39 is 23.7 Å². The van der Waals surface area contributed by atoms with Gasteiger partial charge in [0.05, 0.1) is 7.11 Å². The molecule has 0 spiro atoms. The summed E-state index contributed by atoms with van der Waals surface area (Å²) >= 11 is 0. The molecule has 0 radical (unpaired) electrons. The van der Waals surface area contributed by atoms with Crippen molar-refractivity contribution in [1.82, 2.24) is 0 Å². The Balaban J connectivity index is 3.02. The summed E-state index contributed by atoms with van der Waals surface area (Å²) in [5.74, 6) is -1.12. The first-order chi connectivity index (χ1) is 6.86. The Hall–Kier alpha value is -1.30. The van der Waals surface area contributed by atoms with Crippen LogP contribution in [0.5, 0.6) is 5.75 Å². The molecule has 0 aliphatic carbocycles. The van der Waals surface area contributed by atoms with Gasteiger partial charge in [0.15, 0.2) is 17.7 Å². The quantitative estimate of drug-likeness (QED) is 0.782. The van der Waals surface area contributed by atoms with Crippen LogP contribution in [-0.4, -0.2) is 18.4 Å². The zero-order valence-corrected chi connectivity index (χ0v) is 7.68. The van der Waals surface area contributed by atoms with Gasteiger partial charge in [0.2, 0.25) is 0 Å². The summed E-state index contributed by atoms with van der Waals surface area (Å²) in [6.45, 7) is 0. The predicted molar refractivity (Wildman–Crippen MR) is 44.0 cm³/mol. The number of benzene rings is 1. The molecule has 2 nitrogen and oxygen atoms in total. The van der Waals surface area contributed by atoms with Crippen LogP contribution < -0.4 is 4.74 Å². The highest BCUT2D eigenvalue weighted by molar-refractivity contribution is 5.30. The van der Waals surface area contributed by atoms with Crippen molar-refractivity contribution in [2.75, 3.05) is 7.11 Å². The SMILES string of the molecule is COc1ccc(C(O)C(F)(F)F)cc1F. The molecule has 0 aliphatic rings. The van der Waals surface area contributed by atoms with Crippen molar-refractivity contribution in [2.24, 2.45) is 0 Å². The zero-order chi connectivity index (χ0) is 11.6. The van der Waals surface area contributed by atoms with E-state index >= 15 is 0 Å². The molecule has 1 unspecified atom stereocenters. The van der Waals surface area contributed by atoms with Crippen molar-refractivity contribution in [3.8, 4) is 5.75 Å². The largest absolute Gasteiger partial charge is 0.494 e. The molecular formula is C9H8F4O2. The number of aliphatic hydroxyl groups excluding tert-OH is 1. The normalized spacial score (nSPS) is 13.7. The highest BCUT2D eigenvalue weighted by atomic mass is 19.4. The fourth-order valence-electron chi connectivity index (χ4n) is 1.04. The van der Waals surface area contributed by atoms with Gasteiger partial charge in [-0.25, -0.2) is 4.39 Å². The lowest BCUT2D eigenvalue weighted by atomic mass is 10.1. The van der Waals surface area contributed by atoms with Gasteiger partial charge in [-0.15, -0.1) is 0 Å². The van der Waals surface area contributed by atoms with Crippen molar-refractivity contribution in [1.29, 1.82) is 0 Å². The van der Waals surface area contributed by atoms with Gasteiger partial charge in [0, 0.05) is 0 Å². The Kier molecular flexibility index (Phi) is 3.18. The minimum absolute atomic E-state index is 0.173. The number of rotatable bonds is 2. The fraction of sp³-hybridized carbons (Fsp3) is 0.333. The molecule has 1 atom stereocenters. The van der Waals surface area contributed by atoms with Gasteiger partial charge in [0.1, 0.15) is 0 Å². The number of aliphatic hydroxyl groups is 1. The summed E-state index contributed by atoms with van der Waals surface area (Å²) in [5.41, 5.74) is -0.555. The Morgan fingerprint density at radius 1 is 1.33 bits per heavy atom. The van der Waals surface area contributed by atoms with E-state index in [1.54, 1.807) is 0 Å². The van der Waals surface area contributed by atoms with Gasteiger partial charge in [-0.05, 0) is 17.7 Å². The van der Waals surface area contributed by atoms with E-state index in [-0.39, 0.29) is 5.75 Å². The minimum Gasteiger partial charge on any atom is -0.494 e. The van der Waals surface area contributed by atoms with E-state index in [0.29, 0.717) is 6.07 Å². The van der Waals surface area contributed by atoms with Gasteiger partial charge in [0.25, 0.3) is 0 Å². The van der Waals surface area contributed by atoms with Crippen LogP contribution in [-0.2, 0) is 0 Å². The van der Waals surface area contributed by atoms with Crippen molar-refractivity contribution >= 4 is 0 Å². The summed E-state index contributed by atoms with van der Waals surface area (Å²) < 4.78 is 53.7. The van der Waals surface area contributed by atoms with Gasteiger partial charge >= 0.3 is 6.18 Å². The van der Waals surface area contributed by atoms with Gasteiger partial charge in [-0.2, -0.15) is 13.2 Å². The second kappa shape index (κ2) is 4.06. The van der Waals surface area contributed by atoms with Crippen LogP contribution in [0.4, 0.5) is 17.6 Å². The lowest BCUT2D eigenvalue weighted by Crippen LogP contribution is -2.20. The molecule has 0 fully saturated rings. The van der Waals surface area contributed by atoms with Crippen LogP contribution in [0.3, 0.4) is 0 Å². The molecule has 6 heteroatoms. The number of methoxy groups -OCH3 is 1. The van der Waals surface area contributed by atoms with Crippen LogP contribution in [0.2, 0.25) is 0 Å². The first-order valence-corrected chi connectivity index (χ1v) is 3.94. The summed E-state index contributed by atoms with van der Waals surface area (Å²) in [6.07, 6.45) is -7.49. The molecule has 0 amide bonds. The lowest BCUT2D eigenvalue weighted by Gasteiger charge is -2.15. The van der Waals surface area contributed by atoms with E-state index in [9.17, 15) is 17.6 Å². The molecule has 0 aliphatic heterocycles. The second-order valence-corrected chi connectivity index (χ2v) is 2.84. The number of hydrogen-bond donors (Lipinski definition) is 1. The molecule has 0 bridgehead atoms. The summed E-state index contributed by atoms with van der Waals surface area (Å²) in [7, 11) is 1.19. The highest BCUT2D eigenvalue weighted by Gasteiger charge is 2.39. The molecule has 0 saturated carbocycles. The average Bonchev–Trinajstić information content (AvgIpc) is 2.15. The van der Waals surface area contributed by atoms with Crippen LogP contribution in [0.15, 0.2) is 18.2 Å². The fourth-order valence-corrected chi connectivity index (χ4v) is 1.04. The Labute approximate surface area is 83.1 Å². The maximum Gasteiger partial charge on any atom is 0.418 e. The third kappa shape index (κ3) is 2.59. The number of alkyl halides is 3. The Bertz CT molecular complexity index is 348. The van der Waals surface area contributed by atoms with Gasteiger partial charge in [-0.1, -0.05) is 6.07 Å². The molecule has 0 aromatic heterocycles. The lowest BCUT2D eigenvalue weighted by molar-refractivity contribution is -0.206. The van der Waals surface area contributed by atoms with E-state index in [0.717, 1.165) is 12.1 Å². The van der Waals surface area contributed by atoms with Crippen LogP contribution >= 0.6 is 0 Å². The number of halogens is 4. The zero-order valence-electron chi connectivity index (χ0n) is 7.68. The molecule has 1 N–H and O–H groups in total. The van der Waals surface area contributed by atoms with Gasteiger partial charge < -0.3 is 9.84 Å². The molecule has 0 heterocycles. The predicted octanol–water partition coefficient (Wildman–Crippen LogP) is 2.43. The van der Waals surface area contributed by atoms with Crippen LogP contribution in [0.1, 0.15) is 11.7 Å². The number of ether oxygens (including phenoxy) is 1. The summed E-state index contributed by atoms with van der Waals surface area (Å²) in [6, 6.07) is 2.58. The van der Waals surface area contributed by atoms with E-state index in [4.69, 9.17) is 5.11 Å². The highest BCUT2D eigenvalue weighted by Crippen LogP contribution is 2.33. The molecule has 84 valence electrons. The van der Waals surface area contributed by atoms with E-state index in [1.807, 2.05) is 0 Å². The standard InChI is InChI=1S/C9H8F4O2/c1-15-7-3-2-5(4-6(7)10)8(14)9(11,12)13/h2-4,8,14H,1H3. The molecule has 1 aromatic carbocycles. The van der Waals surface area contributed by atoms with Crippen LogP contribution in [0, 0.1) is 5.82 Å². The van der Waals surface area contributed by atoms with E-state index in [1.165, 1.54) is 7.11 Å². The molecular weight excluding hydrogens is 216 g/mol. The van der Waals surface area contributed by atoms with Gasteiger partial charge in [-0.3, -0.25) is 0 Å². The maximum atomic E-state index is 13.0. The third-order valence-electron chi connectivity index (χ3n) is 1.80. The van der Waals surface area contributed by atoms with Crippen molar-refractivity contribution in [2.45, 2.75) is 12.3 Å². The number of hydrogen-bond acceptors (Lipinski definition) is 2. The monoisotopic (exact) mass is 224 g/mol. The first-order valence-electron chi connectivity index (χ1n) is 3.94. The summed E-state index contributed by atoms with van der Waals surface area (Å²) in [5, 5.41) is 8.81. The Morgan fingerprint density at radius 2 is 1.93 bits per heavy atom. The van der Waals surface area contributed by atoms with E-state index in [2.05, 4.69) is 4.74 Å². The topological polar surface area (TPSA) is 29.5 Å². The second-order valence-electron chi connectivity index (χ2n) is 2.84. The average molecular weight is 224 g/mol. The van der Waals surface area contributed by atoms with Crippen molar-refractivity contribution in [3.63, 3.8) is 0 Å². The molecule has 0 saturated heterocycles. The molecule has 1 rings (SSSR count). The summed E-state index contributed by atoms with van der Waals surface area (Å²) in [4.78, 5) is 0. The van der Waals surface area contributed by atoms with Crippen LogP contribution in [0.25, 0.3) is 0 Å². The smallest absolute Gasteiger partial charge is 0.418 e. The Morgan fingerprint density at radius 3 is 2.33 bits per heavy atom.